The SMILES string of the molecule is COCC=[N+]=[N-]. The van der Waals surface area contributed by atoms with Gasteiger partial charge in [0.25, 0.3) is 6.21 Å². The Hall–Kier alpha value is -0.660. The molecular weight excluding hydrogens is 80.0 g/mol. The molecule has 0 bridgehead atoms. The van der Waals surface area contributed by atoms with Gasteiger partial charge in [-0.1, -0.05) is 0 Å². The average Bonchev–Trinajstić information content (AvgIpc) is 1.61. The van der Waals surface area contributed by atoms with Crippen LogP contribution < -0.4 is 0 Å². The Morgan fingerprint density at radius 3 is 2.83 bits per heavy atom. The van der Waals surface area contributed by atoms with Crippen molar-refractivity contribution in [2.45, 2.75) is 0 Å². The molecule has 0 aromatic heterocycles. The van der Waals surface area contributed by atoms with Crippen LogP contribution in [0.25, 0.3) is 5.53 Å². The molecule has 0 aromatic carbocycles. The minimum Gasteiger partial charge on any atom is -0.373 e. The molecule has 0 aromatic rings. The van der Waals surface area contributed by atoms with Crippen LogP contribution in [0, 0.1) is 0 Å². The van der Waals surface area contributed by atoms with E-state index in [9.17, 15) is 0 Å². The maximum Gasteiger partial charge on any atom is 0.282 e. The standard InChI is InChI=1S/C3H6N2O/c1-6-3-2-5-4/h2H,3H2,1H3. The molecule has 0 radical (unpaired) electrons. The zero-order valence-electron chi connectivity index (χ0n) is 3.59. The molecule has 0 unspecified atom stereocenters. The predicted molar refractivity (Wildman–Crippen MR) is 21.6 cm³/mol. The van der Waals surface area contributed by atoms with Gasteiger partial charge >= 0.3 is 0 Å². The Labute approximate surface area is 36.2 Å². The highest BCUT2D eigenvalue weighted by atomic mass is 16.5. The van der Waals surface area contributed by atoms with Crippen molar-refractivity contribution in [2.24, 2.45) is 0 Å². The Bertz CT molecular complexity index is 65.2. The van der Waals surface area contributed by atoms with Gasteiger partial charge in [-0.3, -0.25) is 0 Å². The fourth-order valence-electron chi connectivity index (χ4n) is 0.108. The summed E-state index contributed by atoms with van der Waals surface area (Å²) >= 11 is 0. The second kappa shape index (κ2) is 4.34. The third-order valence-corrected chi connectivity index (χ3v) is 0.323. The second-order valence-corrected chi connectivity index (χ2v) is 0.753. The first kappa shape index (κ1) is 5.34. The molecule has 0 amide bonds. The molecular formula is C3H6N2O. The van der Waals surface area contributed by atoms with E-state index < -0.39 is 0 Å². The van der Waals surface area contributed by atoms with E-state index in [0.29, 0.717) is 6.61 Å². The van der Waals surface area contributed by atoms with E-state index in [4.69, 9.17) is 5.53 Å². The lowest BCUT2D eigenvalue weighted by molar-refractivity contribution is -0.00470. The van der Waals surface area contributed by atoms with Gasteiger partial charge in [-0.05, 0) is 0 Å². The first-order valence-electron chi connectivity index (χ1n) is 1.56. The number of methoxy groups -OCH3 is 1. The minimum atomic E-state index is 0.372. The van der Waals surface area contributed by atoms with Gasteiger partial charge in [-0.25, -0.2) is 0 Å². The van der Waals surface area contributed by atoms with Gasteiger partial charge in [0.05, 0.1) is 0 Å². The zero-order valence-corrected chi connectivity index (χ0v) is 3.59. The first-order chi connectivity index (χ1) is 2.91. The molecule has 0 N–H and O–H groups in total. The highest BCUT2D eigenvalue weighted by Crippen LogP contribution is 1.51. The number of nitrogens with zero attached hydrogens (tertiary/aromatic N) is 2. The number of ether oxygens (including phenoxy) is 1. The molecule has 0 spiro atoms. The summed E-state index contributed by atoms with van der Waals surface area (Å²) in [6, 6.07) is 0. The van der Waals surface area contributed by atoms with E-state index in [1.807, 2.05) is 0 Å². The maximum absolute atomic E-state index is 7.69. The van der Waals surface area contributed by atoms with Crippen molar-refractivity contribution in [2.75, 3.05) is 13.7 Å². The minimum absolute atomic E-state index is 0.372. The van der Waals surface area contributed by atoms with E-state index in [1.54, 1.807) is 0 Å². The summed E-state index contributed by atoms with van der Waals surface area (Å²) < 4.78 is 4.47. The first-order valence-corrected chi connectivity index (χ1v) is 1.56. The molecule has 0 aliphatic heterocycles. The van der Waals surface area contributed by atoms with Gasteiger partial charge in [0, 0.05) is 7.11 Å². The van der Waals surface area contributed by atoms with Gasteiger partial charge in [0.15, 0.2) is 0 Å². The smallest absolute Gasteiger partial charge is 0.282 e. The molecule has 3 heteroatoms. The average molecular weight is 86.1 g/mol. The summed E-state index contributed by atoms with van der Waals surface area (Å²) in [6.07, 6.45) is 1.26. The molecule has 0 rings (SSSR count). The van der Waals surface area contributed by atoms with E-state index >= 15 is 0 Å². The molecule has 0 fully saturated rings. The molecule has 6 heavy (non-hydrogen) atoms. The zero-order chi connectivity index (χ0) is 4.83. The monoisotopic (exact) mass is 86.0 g/mol. The Morgan fingerprint density at radius 2 is 2.67 bits per heavy atom. The van der Waals surface area contributed by atoms with Crippen molar-refractivity contribution in [1.82, 2.24) is 0 Å². The molecule has 0 saturated heterocycles. The predicted octanol–water partition coefficient (Wildman–Crippen LogP) is -0.0666. The van der Waals surface area contributed by atoms with Gasteiger partial charge in [-0.2, -0.15) is 4.79 Å². The maximum atomic E-state index is 7.69. The van der Waals surface area contributed by atoms with Gasteiger partial charge in [0.2, 0.25) is 0 Å². The third-order valence-electron chi connectivity index (χ3n) is 0.323. The van der Waals surface area contributed by atoms with E-state index in [2.05, 4.69) is 9.53 Å². The summed E-state index contributed by atoms with van der Waals surface area (Å²) in [5.41, 5.74) is 7.69. The molecule has 0 heterocycles. The molecule has 0 saturated carbocycles. The second-order valence-electron chi connectivity index (χ2n) is 0.753. The van der Waals surface area contributed by atoms with Crippen molar-refractivity contribution >= 4 is 6.21 Å². The van der Waals surface area contributed by atoms with Crippen molar-refractivity contribution in [1.29, 1.82) is 0 Å². The molecule has 34 valence electrons. The third kappa shape index (κ3) is 3.34. The van der Waals surface area contributed by atoms with Crippen molar-refractivity contribution in [3.63, 3.8) is 0 Å². The van der Waals surface area contributed by atoms with Gasteiger partial charge in [0.1, 0.15) is 6.61 Å². The summed E-state index contributed by atoms with van der Waals surface area (Å²) in [6.45, 7) is 0.372. The van der Waals surface area contributed by atoms with Crippen LogP contribution in [-0.4, -0.2) is 24.7 Å². The lowest BCUT2D eigenvalue weighted by atomic mass is 10.8. The van der Waals surface area contributed by atoms with E-state index in [0.717, 1.165) is 0 Å². The number of rotatable bonds is 2. The largest absolute Gasteiger partial charge is 0.373 e. The molecule has 0 aliphatic carbocycles. The van der Waals surface area contributed by atoms with Crippen LogP contribution in [0.4, 0.5) is 0 Å². The van der Waals surface area contributed by atoms with Crippen LogP contribution in [0.1, 0.15) is 0 Å². The molecule has 0 atom stereocenters. The molecule has 3 nitrogen and oxygen atoms in total. The summed E-state index contributed by atoms with van der Waals surface area (Å²) in [7, 11) is 1.53. The highest BCUT2D eigenvalue weighted by Gasteiger charge is 1.71. The van der Waals surface area contributed by atoms with Gasteiger partial charge < -0.3 is 10.3 Å². The van der Waals surface area contributed by atoms with Crippen molar-refractivity contribution in [3.05, 3.63) is 5.53 Å². The van der Waals surface area contributed by atoms with Crippen LogP contribution >= 0.6 is 0 Å². The fourth-order valence-corrected chi connectivity index (χ4v) is 0.108. The fraction of sp³-hybridized carbons (Fsp3) is 0.667. The van der Waals surface area contributed by atoms with Crippen LogP contribution in [0.2, 0.25) is 0 Å². The van der Waals surface area contributed by atoms with Crippen LogP contribution in [0.15, 0.2) is 0 Å². The lowest BCUT2D eigenvalue weighted by Crippen LogP contribution is -1.87. The Balaban J connectivity index is 2.86. The van der Waals surface area contributed by atoms with Crippen LogP contribution in [0.5, 0.6) is 0 Å². The van der Waals surface area contributed by atoms with E-state index in [1.165, 1.54) is 13.3 Å². The molecule has 0 aliphatic rings. The Morgan fingerprint density at radius 1 is 2.00 bits per heavy atom. The highest BCUT2D eigenvalue weighted by molar-refractivity contribution is 5.51. The van der Waals surface area contributed by atoms with Crippen molar-refractivity contribution in [3.8, 4) is 0 Å². The van der Waals surface area contributed by atoms with Crippen LogP contribution in [0.3, 0.4) is 0 Å². The normalized spacial score (nSPS) is 6.83. The van der Waals surface area contributed by atoms with Crippen molar-refractivity contribution < 1.29 is 9.53 Å². The quantitative estimate of drug-likeness (QED) is 0.263. The van der Waals surface area contributed by atoms with E-state index in [-0.39, 0.29) is 0 Å². The number of hydrogen-bond acceptors (Lipinski definition) is 1. The summed E-state index contributed by atoms with van der Waals surface area (Å²) in [5.74, 6) is 0. The summed E-state index contributed by atoms with van der Waals surface area (Å²) in [4.78, 5) is 2.68. The lowest BCUT2D eigenvalue weighted by Gasteiger charge is -1.74. The topological polar surface area (TPSA) is 45.6 Å². The summed E-state index contributed by atoms with van der Waals surface area (Å²) in [5, 5.41) is 0. The van der Waals surface area contributed by atoms with Crippen LogP contribution in [-0.2, 0) is 4.74 Å². The Kier molecular flexibility index (Phi) is 3.86. The number of hydrogen-bond donors (Lipinski definition) is 0. The van der Waals surface area contributed by atoms with Gasteiger partial charge in [-0.15, -0.1) is 0 Å².